The topological polar surface area (TPSA) is 78.3 Å². The summed E-state index contributed by atoms with van der Waals surface area (Å²) in [7, 11) is 0. The molecule has 0 aromatic heterocycles. The van der Waals surface area contributed by atoms with Gasteiger partial charge in [0.1, 0.15) is 0 Å². The maximum Gasteiger partial charge on any atom is 0.392 e. The highest BCUT2D eigenvalue weighted by Crippen LogP contribution is 2.19. The molecule has 0 fully saturated rings. The van der Waals surface area contributed by atoms with Crippen LogP contribution in [0.5, 0.6) is 0 Å². The maximum atomic E-state index is 11.5. The van der Waals surface area contributed by atoms with Crippen LogP contribution in [0.1, 0.15) is 13.3 Å². The van der Waals surface area contributed by atoms with Gasteiger partial charge in [0.15, 0.2) is 5.11 Å². The van der Waals surface area contributed by atoms with E-state index in [9.17, 15) is 18.0 Å². The molecule has 0 unspecified atom stereocenters. The highest BCUT2D eigenvalue weighted by Gasteiger charge is 2.24. The number of esters is 1. The van der Waals surface area contributed by atoms with Crippen LogP contribution in [-0.4, -0.2) is 23.9 Å². The molecule has 16 heavy (non-hydrogen) atoms. The van der Waals surface area contributed by atoms with Crippen molar-refractivity contribution in [2.45, 2.75) is 19.5 Å². The van der Waals surface area contributed by atoms with Crippen molar-refractivity contribution in [1.82, 2.24) is 0 Å². The van der Waals surface area contributed by atoms with Gasteiger partial charge < -0.3 is 16.2 Å². The largest absolute Gasteiger partial charge is 0.463 e. The Morgan fingerprint density at radius 1 is 1.44 bits per heavy atom. The van der Waals surface area contributed by atoms with Gasteiger partial charge in [0, 0.05) is 6.08 Å². The quantitative estimate of drug-likeness (QED) is 0.452. The van der Waals surface area contributed by atoms with Gasteiger partial charge in [-0.05, 0) is 19.1 Å². The molecule has 0 aliphatic rings. The normalized spacial score (nSPS) is 10.5. The van der Waals surface area contributed by atoms with Crippen molar-refractivity contribution in [1.29, 1.82) is 0 Å². The lowest BCUT2D eigenvalue weighted by Gasteiger charge is -1.99. The van der Waals surface area contributed by atoms with Gasteiger partial charge in [0.05, 0.1) is 13.0 Å². The van der Waals surface area contributed by atoms with Gasteiger partial charge in [-0.2, -0.15) is 13.2 Å². The van der Waals surface area contributed by atoms with Gasteiger partial charge in [-0.3, -0.25) is 0 Å². The summed E-state index contributed by atoms with van der Waals surface area (Å²) in [5, 5.41) is 0.000000000000000222. The zero-order valence-corrected chi connectivity index (χ0v) is 9.40. The van der Waals surface area contributed by atoms with Crippen LogP contribution >= 0.6 is 12.2 Å². The predicted octanol–water partition coefficient (Wildman–Crippen LogP) is 1.25. The van der Waals surface area contributed by atoms with E-state index in [0.29, 0.717) is 0 Å². The number of halogens is 3. The second kappa shape index (κ2) is 8.96. The highest BCUT2D eigenvalue weighted by molar-refractivity contribution is 7.80. The summed E-state index contributed by atoms with van der Waals surface area (Å²) in [5.74, 6) is -0.748. The van der Waals surface area contributed by atoms with E-state index in [4.69, 9.17) is 0 Å². The van der Waals surface area contributed by atoms with E-state index in [1.165, 1.54) is 0 Å². The number of hydrogen-bond acceptors (Lipinski definition) is 3. The number of allylic oxidation sites excluding steroid dienone is 1. The second-order valence-corrected chi connectivity index (χ2v) is 2.85. The van der Waals surface area contributed by atoms with Crippen molar-refractivity contribution in [3.05, 3.63) is 12.2 Å². The van der Waals surface area contributed by atoms with Crippen LogP contribution in [0, 0.1) is 0 Å². The number of rotatable bonds is 3. The molecular formula is C8H13F3N2O2S. The van der Waals surface area contributed by atoms with Gasteiger partial charge in [-0.1, -0.05) is 6.08 Å². The SMILES string of the molecule is CCOC(=O)C=CCC(F)(F)F.NC(N)=S. The molecule has 0 atom stereocenters. The Morgan fingerprint density at radius 3 is 2.19 bits per heavy atom. The third-order valence-corrected chi connectivity index (χ3v) is 0.890. The number of thiocarbonyl (C=S) groups is 1. The van der Waals surface area contributed by atoms with Crippen LogP contribution in [0.2, 0.25) is 0 Å². The second-order valence-electron chi connectivity index (χ2n) is 2.38. The van der Waals surface area contributed by atoms with Crippen LogP contribution in [0.3, 0.4) is 0 Å². The Labute approximate surface area is 96.4 Å². The Bertz CT molecular complexity index is 250. The van der Waals surface area contributed by atoms with Crippen LogP contribution in [0.15, 0.2) is 12.2 Å². The van der Waals surface area contributed by atoms with Crippen molar-refractivity contribution < 1.29 is 22.7 Å². The number of nitrogens with two attached hydrogens (primary N) is 2. The molecule has 0 rings (SSSR count). The Kier molecular flexibility index (Phi) is 9.57. The van der Waals surface area contributed by atoms with Gasteiger partial charge in [-0.25, -0.2) is 4.79 Å². The lowest BCUT2D eigenvalue weighted by molar-refractivity contribution is -0.137. The van der Waals surface area contributed by atoms with E-state index in [2.05, 4.69) is 28.4 Å². The van der Waals surface area contributed by atoms with Crippen LogP contribution < -0.4 is 11.5 Å². The maximum absolute atomic E-state index is 11.5. The third-order valence-electron chi connectivity index (χ3n) is 0.890. The van der Waals surface area contributed by atoms with E-state index >= 15 is 0 Å². The van der Waals surface area contributed by atoms with Crippen molar-refractivity contribution in [3.63, 3.8) is 0 Å². The van der Waals surface area contributed by atoms with Crippen molar-refractivity contribution >= 4 is 23.3 Å². The molecular weight excluding hydrogens is 245 g/mol. The Morgan fingerprint density at radius 2 is 1.88 bits per heavy atom. The fourth-order valence-electron chi connectivity index (χ4n) is 0.479. The summed E-state index contributed by atoms with van der Waals surface area (Å²) in [6.45, 7) is 1.74. The molecule has 0 spiro atoms. The van der Waals surface area contributed by atoms with Crippen molar-refractivity contribution in [2.24, 2.45) is 11.5 Å². The number of hydrogen-bond donors (Lipinski definition) is 2. The first-order valence-corrected chi connectivity index (χ1v) is 4.54. The fourth-order valence-corrected chi connectivity index (χ4v) is 0.479. The average Bonchev–Trinajstić information content (AvgIpc) is 2.00. The van der Waals surface area contributed by atoms with Crippen LogP contribution in [0.25, 0.3) is 0 Å². The molecule has 0 amide bonds. The first-order chi connectivity index (χ1) is 7.19. The van der Waals surface area contributed by atoms with Crippen LogP contribution in [-0.2, 0) is 9.53 Å². The highest BCUT2D eigenvalue weighted by atomic mass is 32.1. The smallest absolute Gasteiger partial charge is 0.392 e. The summed E-state index contributed by atoms with van der Waals surface area (Å²) in [6, 6.07) is 0. The standard InChI is InChI=1S/C7H9F3O2.CH4N2S/c1-2-12-6(11)4-3-5-7(8,9)10;2-1(3)4/h3-4H,2,5H2,1H3;(H4,2,3,4). The predicted molar refractivity (Wildman–Crippen MR) is 57.4 cm³/mol. The van der Waals surface area contributed by atoms with E-state index in [0.717, 1.165) is 12.2 Å². The monoisotopic (exact) mass is 258 g/mol. The number of carbonyl (C=O) groups excluding carboxylic acids is 1. The van der Waals surface area contributed by atoms with E-state index in [1.54, 1.807) is 6.92 Å². The number of ether oxygens (including phenoxy) is 1. The minimum Gasteiger partial charge on any atom is -0.463 e. The summed E-state index contributed by atoms with van der Waals surface area (Å²) >= 11 is 4.09. The molecule has 0 aromatic carbocycles. The molecule has 0 saturated carbocycles. The minimum atomic E-state index is -4.26. The van der Waals surface area contributed by atoms with Gasteiger partial charge in [0.25, 0.3) is 0 Å². The third kappa shape index (κ3) is 23.0. The first kappa shape index (κ1) is 17.1. The molecule has 0 saturated heterocycles. The average molecular weight is 258 g/mol. The molecule has 0 bridgehead atoms. The summed E-state index contributed by atoms with van der Waals surface area (Å²) in [4.78, 5) is 10.5. The van der Waals surface area contributed by atoms with E-state index in [-0.39, 0.29) is 11.7 Å². The van der Waals surface area contributed by atoms with E-state index in [1.807, 2.05) is 0 Å². The fraction of sp³-hybridized carbons (Fsp3) is 0.500. The first-order valence-electron chi connectivity index (χ1n) is 4.14. The molecule has 0 aliphatic heterocycles. The lowest BCUT2D eigenvalue weighted by Crippen LogP contribution is -2.18. The minimum absolute atomic E-state index is 0.000000000000000222. The van der Waals surface area contributed by atoms with Crippen LogP contribution in [0.4, 0.5) is 13.2 Å². The number of carbonyl (C=O) groups is 1. The zero-order chi connectivity index (χ0) is 13.2. The molecule has 0 radical (unpaired) electrons. The zero-order valence-electron chi connectivity index (χ0n) is 8.58. The van der Waals surface area contributed by atoms with Gasteiger partial charge in [-0.15, -0.1) is 0 Å². The summed E-state index contributed by atoms with van der Waals surface area (Å²) < 4.78 is 38.8. The van der Waals surface area contributed by atoms with E-state index < -0.39 is 18.6 Å². The summed E-state index contributed by atoms with van der Waals surface area (Å²) in [5.41, 5.74) is 9.24. The molecule has 4 nitrogen and oxygen atoms in total. The summed E-state index contributed by atoms with van der Waals surface area (Å²) in [6.07, 6.45) is -3.86. The Balaban J connectivity index is 0. The van der Waals surface area contributed by atoms with Gasteiger partial charge in [0.2, 0.25) is 0 Å². The van der Waals surface area contributed by atoms with Gasteiger partial charge >= 0.3 is 12.1 Å². The molecule has 8 heteroatoms. The molecule has 94 valence electrons. The molecule has 0 heterocycles. The number of alkyl halides is 3. The Hall–Kier alpha value is -1.31. The van der Waals surface area contributed by atoms with Crippen molar-refractivity contribution in [2.75, 3.05) is 6.61 Å². The molecule has 0 aliphatic carbocycles. The molecule has 4 N–H and O–H groups in total. The van der Waals surface area contributed by atoms with Crippen molar-refractivity contribution in [3.8, 4) is 0 Å². The lowest BCUT2D eigenvalue weighted by atomic mass is 10.4. The molecule has 0 aromatic rings.